The van der Waals surface area contributed by atoms with Crippen LogP contribution in [0.25, 0.3) is 0 Å². The normalized spacial score (nSPS) is 25.4. The van der Waals surface area contributed by atoms with E-state index in [9.17, 15) is 0 Å². The Morgan fingerprint density at radius 3 is 2.60 bits per heavy atom. The van der Waals surface area contributed by atoms with Crippen LogP contribution in [0, 0.1) is 5.92 Å². The van der Waals surface area contributed by atoms with E-state index >= 15 is 0 Å². The first kappa shape index (κ1) is 11.4. The van der Waals surface area contributed by atoms with Crippen molar-refractivity contribution in [3.63, 3.8) is 0 Å². The van der Waals surface area contributed by atoms with Crippen molar-refractivity contribution in [2.24, 2.45) is 5.92 Å². The molecule has 0 aromatic carbocycles. The molecule has 2 N–H and O–H groups in total. The second-order valence-corrected chi connectivity index (χ2v) is 5.05. The number of ether oxygens (including phenoxy) is 1. The Bertz CT molecular complexity index is 176. The van der Waals surface area contributed by atoms with Crippen molar-refractivity contribution < 1.29 is 4.74 Å². The molecular weight excluding hydrogens is 188 g/mol. The third kappa shape index (κ3) is 4.49. The van der Waals surface area contributed by atoms with Crippen molar-refractivity contribution >= 4 is 0 Å². The van der Waals surface area contributed by atoms with E-state index in [1.165, 1.54) is 25.7 Å². The number of hydrogen-bond acceptors (Lipinski definition) is 3. The third-order valence-electron chi connectivity index (χ3n) is 3.39. The first-order valence-electron chi connectivity index (χ1n) is 6.39. The fraction of sp³-hybridized carbons (Fsp3) is 1.00. The van der Waals surface area contributed by atoms with Gasteiger partial charge in [0, 0.05) is 31.8 Å². The highest BCUT2D eigenvalue weighted by Crippen LogP contribution is 2.18. The van der Waals surface area contributed by atoms with Gasteiger partial charge in [-0.05, 0) is 45.1 Å². The van der Waals surface area contributed by atoms with Crippen LogP contribution in [-0.2, 0) is 4.74 Å². The zero-order chi connectivity index (χ0) is 10.5. The van der Waals surface area contributed by atoms with Crippen LogP contribution >= 0.6 is 0 Å². The Balaban J connectivity index is 1.50. The Morgan fingerprint density at radius 2 is 1.93 bits per heavy atom. The van der Waals surface area contributed by atoms with Crippen LogP contribution < -0.4 is 10.6 Å². The fourth-order valence-electron chi connectivity index (χ4n) is 2.02. The third-order valence-corrected chi connectivity index (χ3v) is 3.39. The summed E-state index contributed by atoms with van der Waals surface area (Å²) in [6, 6.07) is 1.44. The van der Waals surface area contributed by atoms with Crippen molar-refractivity contribution in [2.75, 3.05) is 26.3 Å². The molecule has 3 nitrogen and oxygen atoms in total. The van der Waals surface area contributed by atoms with Gasteiger partial charge in [0.25, 0.3) is 0 Å². The standard InChI is InChI=1S/C12H24N2O/c1-10(8-14-12-2-3-12)13-9-11-4-6-15-7-5-11/h10-14H,2-9H2,1H3. The largest absolute Gasteiger partial charge is 0.381 e. The van der Waals surface area contributed by atoms with Gasteiger partial charge < -0.3 is 15.4 Å². The van der Waals surface area contributed by atoms with Crippen molar-refractivity contribution in [3.05, 3.63) is 0 Å². The number of rotatable bonds is 6. The average molecular weight is 212 g/mol. The summed E-state index contributed by atoms with van der Waals surface area (Å²) in [5.74, 6) is 0.835. The summed E-state index contributed by atoms with van der Waals surface area (Å²) < 4.78 is 5.35. The highest BCUT2D eigenvalue weighted by molar-refractivity contribution is 4.82. The summed E-state index contributed by atoms with van der Waals surface area (Å²) in [5, 5.41) is 7.17. The summed E-state index contributed by atoms with van der Waals surface area (Å²) in [4.78, 5) is 0. The molecular formula is C12H24N2O. The summed E-state index contributed by atoms with van der Waals surface area (Å²) in [5.41, 5.74) is 0. The predicted molar refractivity (Wildman–Crippen MR) is 62.0 cm³/mol. The van der Waals surface area contributed by atoms with E-state index < -0.39 is 0 Å². The van der Waals surface area contributed by atoms with E-state index in [0.717, 1.165) is 38.3 Å². The smallest absolute Gasteiger partial charge is 0.0469 e. The first-order valence-corrected chi connectivity index (χ1v) is 6.39. The molecule has 1 heterocycles. The van der Waals surface area contributed by atoms with Crippen LogP contribution in [0.1, 0.15) is 32.6 Å². The van der Waals surface area contributed by atoms with Gasteiger partial charge in [0.2, 0.25) is 0 Å². The second kappa shape index (κ2) is 5.83. The zero-order valence-electron chi connectivity index (χ0n) is 9.80. The van der Waals surface area contributed by atoms with Gasteiger partial charge in [-0.15, -0.1) is 0 Å². The molecule has 0 aromatic heterocycles. The lowest BCUT2D eigenvalue weighted by molar-refractivity contribution is 0.0656. The highest BCUT2D eigenvalue weighted by atomic mass is 16.5. The van der Waals surface area contributed by atoms with E-state index in [-0.39, 0.29) is 0 Å². The summed E-state index contributed by atoms with van der Waals surface area (Å²) in [7, 11) is 0. The van der Waals surface area contributed by atoms with E-state index in [0.29, 0.717) is 6.04 Å². The predicted octanol–water partition coefficient (Wildman–Crippen LogP) is 1.14. The molecule has 1 saturated heterocycles. The molecule has 0 spiro atoms. The lowest BCUT2D eigenvalue weighted by Gasteiger charge is -2.24. The van der Waals surface area contributed by atoms with Crippen molar-refractivity contribution in [1.29, 1.82) is 0 Å². The molecule has 1 saturated carbocycles. The van der Waals surface area contributed by atoms with Crippen LogP contribution in [0.5, 0.6) is 0 Å². The molecule has 0 aromatic rings. The minimum absolute atomic E-state index is 0.605. The molecule has 0 bridgehead atoms. The molecule has 2 rings (SSSR count). The summed E-state index contributed by atoms with van der Waals surface area (Å²) in [6.45, 7) is 6.47. The maximum Gasteiger partial charge on any atom is 0.0469 e. The van der Waals surface area contributed by atoms with Crippen molar-refractivity contribution in [1.82, 2.24) is 10.6 Å². The van der Waals surface area contributed by atoms with E-state index in [2.05, 4.69) is 17.6 Å². The SMILES string of the molecule is CC(CNC1CC1)NCC1CCOCC1. The minimum Gasteiger partial charge on any atom is -0.381 e. The molecule has 1 unspecified atom stereocenters. The lowest BCUT2D eigenvalue weighted by atomic mass is 10.0. The van der Waals surface area contributed by atoms with Gasteiger partial charge in [-0.25, -0.2) is 0 Å². The average Bonchev–Trinajstić information content (AvgIpc) is 3.09. The zero-order valence-corrected chi connectivity index (χ0v) is 9.80. The quantitative estimate of drug-likeness (QED) is 0.693. The van der Waals surface area contributed by atoms with Crippen LogP contribution in [0.4, 0.5) is 0 Å². The fourth-order valence-corrected chi connectivity index (χ4v) is 2.02. The molecule has 3 heteroatoms. The molecule has 0 radical (unpaired) electrons. The summed E-state index contributed by atoms with van der Waals surface area (Å²) in [6.07, 6.45) is 5.23. The van der Waals surface area contributed by atoms with Crippen LogP contribution in [0.2, 0.25) is 0 Å². The number of hydrogen-bond donors (Lipinski definition) is 2. The van der Waals surface area contributed by atoms with Crippen LogP contribution in [0.3, 0.4) is 0 Å². The van der Waals surface area contributed by atoms with Gasteiger partial charge in [-0.1, -0.05) is 0 Å². The maximum atomic E-state index is 5.35. The van der Waals surface area contributed by atoms with Gasteiger partial charge in [0.15, 0.2) is 0 Å². The minimum atomic E-state index is 0.605. The van der Waals surface area contributed by atoms with Gasteiger partial charge >= 0.3 is 0 Å². The van der Waals surface area contributed by atoms with Gasteiger partial charge in [-0.3, -0.25) is 0 Å². The Morgan fingerprint density at radius 1 is 1.20 bits per heavy atom. The van der Waals surface area contributed by atoms with Crippen LogP contribution in [-0.4, -0.2) is 38.4 Å². The Labute approximate surface area is 93.0 Å². The molecule has 1 atom stereocenters. The monoisotopic (exact) mass is 212 g/mol. The van der Waals surface area contributed by atoms with Crippen molar-refractivity contribution in [2.45, 2.75) is 44.7 Å². The van der Waals surface area contributed by atoms with Gasteiger partial charge in [0.05, 0.1) is 0 Å². The van der Waals surface area contributed by atoms with Crippen molar-refractivity contribution in [3.8, 4) is 0 Å². The molecule has 2 aliphatic rings. The summed E-state index contributed by atoms with van der Waals surface area (Å²) >= 11 is 0. The molecule has 15 heavy (non-hydrogen) atoms. The Hall–Kier alpha value is -0.120. The maximum absolute atomic E-state index is 5.35. The van der Waals surface area contributed by atoms with E-state index in [4.69, 9.17) is 4.74 Å². The van der Waals surface area contributed by atoms with Gasteiger partial charge in [-0.2, -0.15) is 0 Å². The van der Waals surface area contributed by atoms with Gasteiger partial charge in [0.1, 0.15) is 0 Å². The van der Waals surface area contributed by atoms with Crippen LogP contribution in [0.15, 0.2) is 0 Å². The first-order chi connectivity index (χ1) is 7.34. The number of nitrogens with one attached hydrogen (secondary N) is 2. The van der Waals surface area contributed by atoms with E-state index in [1.54, 1.807) is 0 Å². The topological polar surface area (TPSA) is 33.3 Å². The molecule has 1 aliphatic heterocycles. The van der Waals surface area contributed by atoms with E-state index in [1.807, 2.05) is 0 Å². The second-order valence-electron chi connectivity index (χ2n) is 5.05. The molecule has 88 valence electrons. The molecule has 1 aliphatic carbocycles. The molecule has 0 amide bonds. The molecule has 2 fully saturated rings. The lowest BCUT2D eigenvalue weighted by Crippen LogP contribution is -2.40. The highest BCUT2D eigenvalue weighted by Gasteiger charge is 2.21. The Kier molecular flexibility index (Phi) is 4.42.